The summed E-state index contributed by atoms with van der Waals surface area (Å²) in [6.45, 7) is 4.97. The Morgan fingerprint density at radius 3 is 2.32 bits per heavy atom. The normalized spacial score (nSPS) is 10.5. The van der Waals surface area contributed by atoms with Gasteiger partial charge in [-0.3, -0.25) is 4.98 Å². The third-order valence-electron chi connectivity index (χ3n) is 3.17. The highest BCUT2D eigenvalue weighted by Crippen LogP contribution is 2.29. The van der Waals surface area contributed by atoms with Crippen LogP contribution in [0.3, 0.4) is 0 Å². The summed E-state index contributed by atoms with van der Waals surface area (Å²) in [6, 6.07) is 6.46. The second kappa shape index (κ2) is 5.85. The van der Waals surface area contributed by atoms with Gasteiger partial charge in [0, 0.05) is 24.5 Å². The number of hydrogen-bond acceptors (Lipinski definition) is 3. The van der Waals surface area contributed by atoms with Crippen molar-refractivity contribution in [2.75, 3.05) is 14.2 Å². The van der Waals surface area contributed by atoms with Crippen molar-refractivity contribution in [2.24, 2.45) is 0 Å². The van der Waals surface area contributed by atoms with E-state index in [0.29, 0.717) is 0 Å². The van der Waals surface area contributed by atoms with E-state index in [0.717, 1.165) is 29.0 Å². The smallest absolute Gasteiger partial charge is 0.124 e. The van der Waals surface area contributed by atoms with Crippen molar-refractivity contribution in [2.45, 2.75) is 20.4 Å². The van der Waals surface area contributed by atoms with Gasteiger partial charge in [-0.15, -0.1) is 0 Å². The number of nitrogens with one attached hydrogen (secondary N) is 1. The van der Waals surface area contributed by atoms with Crippen molar-refractivity contribution in [1.82, 2.24) is 10.3 Å². The van der Waals surface area contributed by atoms with Crippen LogP contribution in [-0.4, -0.2) is 19.1 Å². The van der Waals surface area contributed by atoms with Gasteiger partial charge in [-0.25, -0.2) is 0 Å². The van der Waals surface area contributed by atoms with Crippen LogP contribution in [0.5, 0.6) is 5.75 Å². The van der Waals surface area contributed by atoms with E-state index in [-0.39, 0.29) is 0 Å². The SMILES string of the molecule is CNCc1cncc(-c2cc(C)c(OC)c(C)c2)c1. The van der Waals surface area contributed by atoms with Gasteiger partial charge >= 0.3 is 0 Å². The molecule has 0 aliphatic carbocycles. The number of aromatic nitrogens is 1. The molecule has 0 bridgehead atoms. The third kappa shape index (κ3) is 2.93. The molecule has 0 aliphatic heterocycles. The first-order chi connectivity index (χ1) is 9.15. The van der Waals surface area contributed by atoms with Crippen LogP contribution >= 0.6 is 0 Å². The number of methoxy groups -OCH3 is 1. The zero-order valence-corrected chi connectivity index (χ0v) is 11.9. The Hall–Kier alpha value is -1.87. The summed E-state index contributed by atoms with van der Waals surface area (Å²) in [7, 11) is 3.65. The number of aryl methyl sites for hydroxylation is 2. The van der Waals surface area contributed by atoms with E-state index in [9.17, 15) is 0 Å². The number of pyridine rings is 1. The molecule has 0 saturated carbocycles. The molecule has 0 fully saturated rings. The highest BCUT2D eigenvalue weighted by Gasteiger charge is 2.07. The predicted molar refractivity (Wildman–Crippen MR) is 78.5 cm³/mol. The maximum atomic E-state index is 5.40. The van der Waals surface area contributed by atoms with Gasteiger partial charge in [0.1, 0.15) is 5.75 Å². The average Bonchev–Trinajstić information content (AvgIpc) is 2.39. The molecule has 0 radical (unpaired) electrons. The van der Waals surface area contributed by atoms with Gasteiger partial charge < -0.3 is 10.1 Å². The first kappa shape index (κ1) is 13.6. The molecular formula is C16H20N2O. The van der Waals surface area contributed by atoms with Crippen molar-refractivity contribution in [3.63, 3.8) is 0 Å². The average molecular weight is 256 g/mol. The van der Waals surface area contributed by atoms with Crippen molar-refractivity contribution in [1.29, 1.82) is 0 Å². The molecule has 0 aliphatic rings. The van der Waals surface area contributed by atoms with Crippen LogP contribution in [0, 0.1) is 13.8 Å². The molecule has 0 spiro atoms. The van der Waals surface area contributed by atoms with Crippen LogP contribution in [-0.2, 0) is 6.54 Å². The molecular weight excluding hydrogens is 236 g/mol. The molecule has 0 unspecified atom stereocenters. The molecule has 1 aromatic heterocycles. The third-order valence-corrected chi connectivity index (χ3v) is 3.17. The molecule has 1 heterocycles. The van der Waals surface area contributed by atoms with E-state index >= 15 is 0 Å². The summed E-state index contributed by atoms with van der Waals surface area (Å²) < 4.78 is 5.40. The van der Waals surface area contributed by atoms with Crippen molar-refractivity contribution >= 4 is 0 Å². The minimum atomic E-state index is 0.828. The molecule has 1 N–H and O–H groups in total. The fourth-order valence-corrected chi connectivity index (χ4v) is 2.39. The zero-order valence-electron chi connectivity index (χ0n) is 11.9. The van der Waals surface area contributed by atoms with Gasteiger partial charge in [-0.05, 0) is 61.3 Å². The quantitative estimate of drug-likeness (QED) is 0.912. The summed E-state index contributed by atoms with van der Waals surface area (Å²) in [5.41, 5.74) is 5.81. The summed E-state index contributed by atoms with van der Waals surface area (Å²) in [5, 5.41) is 3.14. The van der Waals surface area contributed by atoms with E-state index in [1.807, 2.05) is 19.4 Å². The maximum Gasteiger partial charge on any atom is 0.124 e. The molecule has 19 heavy (non-hydrogen) atoms. The lowest BCUT2D eigenvalue weighted by Crippen LogP contribution is -2.05. The lowest BCUT2D eigenvalue weighted by molar-refractivity contribution is 0.408. The molecule has 1 aromatic carbocycles. The predicted octanol–water partition coefficient (Wildman–Crippen LogP) is 3.09. The Labute approximate surface area is 114 Å². The topological polar surface area (TPSA) is 34.2 Å². The largest absolute Gasteiger partial charge is 0.496 e. The minimum Gasteiger partial charge on any atom is -0.496 e. The zero-order chi connectivity index (χ0) is 13.8. The fraction of sp³-hybridized carbons (Fsp3) is 0.312. The second-order valence-corrected chi connectivity index (χ2v) is 4.76. The van der Waals surface area contributed by atoms with Gasteiger partial charge in [0.25, 0.3) is 0 Å². The first-order valence-corrected chi connectivity index (χ1v) is 6.40. The number of benzene rings is 1. The summed E-state index contributed by atoms with van der Waals surface area (Å²) in [4.78, 5) is 4.31. The summed E-state index contributed by atoms with van der Waals surface area (Å²) in [5.74, 6) is 0.961. The van der Waals surface area contributed by atoms with Crippen molar-refractivity contribution in [3.05, 3.63) is 47.3 Å². The van der Waals surface area contributed by atoms with Gasteiger partial charge in [0.05, 0.1) is 7.11 Å². The van der Waals surface area contributed by atoms with Crippen molar-refractivity contribution < 1.29 is 4.74 Å². The summed E-state index contributed by atoms with van der Waals surface area (Å²) in [6.07, 6.45) is 3.79. The summed E-state index contributed by atoms with van der Waals surface area (Å²) >= 11 is 0. The van der Waals surface area contributed by atoms with E-state index in [1.54, 1.807) is 7.11 Å². The molecule has 100 valence electrons. The van der Waals surface area contributed by atoms with E-state index < -0.39 is 0 Å². The lowest BCUT2D eigenvalue weighted by atomic mass is 10.00. The van der Waals surface area contributed by atoms with E-state index in [1.165, 1.54) is 11.1 Å². The number of ether oxygens (including phenoxy) is 1. The molecule has 0 saturated heterocycles. The number of hydrogen-bond donors (Lipinski definition) is 1. The lowest BCUT2D eigenvalue weighted by Gasteiger charge is -2.12. The van der Waals surface area contributed by atoms with Crippen LogP contribution in [0.4, 0.5) is 0 Å². The molecule has 3 heteroatoms. The van der Waals surface area contributed by atoms with Crippen LogP contribution < -0.4 is 10.1 Å². The fourth-order valence-electron chi connectivity index (χ4n) is 2.39. The highest BCUT2D eigenvalue weighted by atomic mass is 16.5. The van der Waals surface area contributed by atoms with Crippen molar-refractivity contribution in [3.8, 4) is 16.9 Å². The van der Waals surface area contributed by atoms with Gasteiger partial charge in [-0.2, -0.15) is 0 Å². The Kier molecular flexibility index (Phi) is 4.17. The van der Waals surface area contributed by atoms with Crippen LogP contribution in [0.25, 0.3) is 11.1 Å². The van der Waals surface area contributed by atoms with E-state index in [2.05, 4.69) is 42.3 Å². The molecule has 3 nitrogen and oxygen atoms in total. The Balaban J connectivity index is 2.44. The standard InChI is InChI=1S/C16H20N2O/c1-11-5-14(6-12(2)16(11)19-4)15-7-13(8-17-3)9-18-10-15/h5-7,9-10,17H,8H2,1-4H3. The minimum absolute atomic E-state index is 0.828. The highest BCUT2D eigenvalue weighted by molar-refractivity contribution is 5.67. The van der Waals surface area contributed by atoms with E-state index in [4.69, 9.17) is 4.74 Å². The van der Waals surface area contributed by atoms with Crippen LogP contribution in [0.2, 0.25) is 0 Å². The molecule has 0 amide bonds. The van der Waals surface area contributed by atoms with Crippen LogP contribution in [0.15, 0.2) is 30.6 Å². The first-order valence-electron chi connectivity index (χ1n) is 6.40. The van der Waals surface area contributed by atoms with Gasteiger partial charge in [0.2, 0.25) is 0 Å². The molecule has 0 atom stereocenters. The Morgan fingerprint density at radius 1 is 1.05 bits per heavy atom. The monoisotopic (exact) mass is 256 g/mol. The maximum absolute atomic E-state index is 5.40. The number of nitrogens with zero attached hydrogens (tertiary/aromatic N) is 1. The van der Waals surface area contributed by atoms with Gasteiger partial charge in [-0.1, -0.05) is 0 Å². The van der Waals surface area contributed by atoms with Gasteiger partial charge in [0.15, 0.2) is 0 Å². The van der Waals surface area contributed by atoms with Crippen LogP contribution in [0.1, 0.15) is 16.7 Å². The second-order valence-electron chi connectivity index (χ2n) is 4.76. The Bertz CT molecular complexity index is 556. The molecule has 2 aromatic rings. The number of rotatable bonds is 4. The molecule has 2 rings (SSSR count). The Morgan fingerprint density at radius 2 is 1.74 bits per heavy atom.